The second-order valence-electron chi connectivity index (χ2n) is 7.46. The molecule has 1 saturated heterocycles. The number of hydrogen-bond acceptors (Lipinski definition) is 6. The summed E-state index contributed by atoms with van der Waals surface area (Å²) in [6.45, 7) is 0.337. The topological polar surface area (TPSA) is 114 Å². The Balaban J connectivity index is 1.66. The lowest BCUT2D eigenvalue weighted by molar-refractivity contribution is -0.120. The van der Waals surface area contributed by atoms with E-state index in [9.17, 15) is 22.4 Å². The van der Waals surface area contributed by atoms with E-state index in [1.54, 1.807) is 0 Å². The Morgan fingerprint density at radius 3 is 2.30 bits per heavy atom. The minimum atomic E-state index is -3.77. The number of carbonyl (C=O) groups excluding carboxylic acids is 2. The van der Waals surface area contributed by atoms with Gasteiger partial charge < -0.3 is 20.1 Å². The Hall–Kier alpha value is -3.18. The quantitative estimate of drug-likeness (QED) is 0.630. The van der Waals surface area contributed by atoms with Crippen LogP contribution >= 0.6 is 0 Å². The van der Waals surface area contributed by atoms with Crippen LogP contribution < -0.4 is 20.1 Å². The van der Waals surface area contributed by atoms with Crippen molar-refractivity contribution >= 4 is 27.5 Å². The van der Waals surface area contributed by atoms with Gasteiger partial charge in [0.05, 0.1) is 24.7 Å². The van der Waals surface area contributed by atoms with Crippen molar-refractivity contribution in [1.82, 2.24) is 9.62 Å². The molecule has 1 aliphatic rings. The van der Waals surface area contributed by atoms with Crippen LogP contribution in [0.3, 0.4) is 0 Å². The number of methoxy groups -OCH3 is 2. The normalized spacial score (nSPS) is 15.0. The number of rotatable bonds is 7. The third-order valence-electron chi connectivity index (χ3n) is 5.52. The maximum Gasteiger partial charge on any atom is 0.254 e. The number of nitrogens with one attached hydrogen (secondary N) is 2. The number of benzene rings is 2. The van der Waals surface area contributed by atoms with Gasteiger partial charge in [-0.25, -0.2) is 12.8 Å². The lowest BCUT2D eigenvalue weighted by Gasteiger charge is -2.30. The van der Waals surface area contributed by atoms with E-state index in [1.165, 1.54) is 55.9 Å². The number of amides is 2. The van der Waals surface area contributed by atoms with E-state index in [0.717, 1.165) is 6.07 Å². The number of piperidine rings is 1. The maximum atomic E-state index is 13.8. The molecular formula is C22H26FN3O6S. The average Bonchev–Trinajstić information content (AvgIpc) is 2.84. The number of nitrogens with zero attached hydrogens (tertiary/aromatic N) is 1. The summed E-state index contributed by atoms with van der Waals surface area (Å²) in [6.07, 6.45) is 0.643. The van der Waals surface area contributed by atoms with Crippen LogP contribution in [0.5, 0.6) is 11.5 Å². The van der Waals surface area contributed by atoms with Crippen molar-refractivity contribution in [3.05, 3.63) is 47.8 Å². The minimum absolute atomic E-state index is 0.0797. The summed E-state index contributed by atoms with van der Waals surface area (Å²) in [5.41, 5.74) is 0.117. The molecule has 1 fully saturated rings. The number of anilines is 1. The lowest BCUT2D eigenvalue weighted by Crippen LogP contribution is -2.41. The summed E-state index contributed by atoms with van der Waals surface area (Å²) in [6, 6.07) is 8.14. The van der Waals surface area contributed by atoms with E-state index < -0.39 is 27.7 Å². The Kier molecular flexibility index (Phi) is 7.54. The van der Waals surface area contributed by atoms with Gasteiger partial charge in [-0.15, -0.1) is 0 Å². The Labute approximate surface area is 191 Å². The highest BCUT2D eigenvalue weighted by Gasteiger charge is 2.32. The first-order valence-corrected chi connectivity index (χ1v) is 11.7. The monoisotopic (exact) mass is 479 g/mol. The highest BCUT2D eigenvalue weighted by atomic mass is 32.2. The Bertz CT molecular complexity index is 1150. The summed E-state index contributed by atoms with van der Waals surface area (Å²) in [5.74, 6) is -1.29. The van der Waals surface area contributed by atoms with E-state index in [2.05, 4.69) is 10.6 Å². The second-order valence-corrected chi connectivity index (χ2v) is 9.40. The smallest absolute Gasteiger partial charge is 0.254 e. The maximum absolute atomic E-state index is 13.8. The van der Waals surface area contributed by atoms with Crippen molar-refractivity contribution in [2.75, 3.05) is 39.7 Å². The van der Waals surface area contributed by atoms with Crippen LogP contribution in [0.25, 0.3) is 0 Å². The first kappa shape index (κ1) is 24.5. The van der Waals surface area contributed by atoms with Crippen LogP contribution in [0.2, 0.25) is 0 Å². The van der Waals surface area contributed by atoms with Crippen LogP contribution in [-0.2, 0) is 14.8 Å². The van der Waals surface area contributed by atoms with E-state index in [1.807, 2.05) is 0 Å². The molecule has 0 spiro atoms. The van der Waals surface area contributed by atoms with Gasteiger partial charge in [-0.3, -0.25) is 9.59 Å². The van der Waals surface area contributed by atoms with Crippen molar-refractivity contribution in [2.24, 2.45) is 5.92 Å². The molecule has 0 bridgehead atoms. The number of hydrogen-bond donors (Lipinski definition) is 2. The largest absolute Gasteiger partial charge is 0.493 e. The van der Waals surface area contributed by atoms with Gasteiger partial charge in [-0.1, -0.05) is 0 Å². The second kappa shape index (κ2) is 10.2. The van der Waals surface area contributed by atoms with Crippen LogP contribution in [0.1, 0.15) is 23.2 Å². The van der Waals surface area contributed by atoms with Gasteiger partial charge in [0.2, 0.25) is 15.9 Å². The zero-order valence-electron chi connectivity index (χ0n) is 18.6. The summed E-state index contributed by atoms with van der Waals surface area (Å²) >= 11 is 0. The van der Waals surface area contributed by atoms with Crippen molar-refractivity contribution in [1.29, 1.82) is 0 Å². The van der Waals surface area contributed by atoms with Crippen molar-refractivity contribution < 1.29 is 31.9 Å². The first-order valence-electron chi connectivity index (χ1n) is 10.3. The van der Waals surface area contributed by atoms with E-state index >= 15 is 0 Å². The number of carbonyl (C=O) groups is 2. The fourth-order valence-corrected chi connectivity index (χ4v) is 5.13. The SMILES string of the molecule is CNC(=O)c1cc(NC(=O)C2CCN(S(=O)(=O)c3ccc(OC)c(OC)c3)CC2)ccc1F. The Morgan fingerprint density at radius 2 is 1.70 bits per heavy atom. The standard InChI is InChI=1S/C22H26FN3O6S/c1-24-22(28)17-12-15(4-6-18(17)23)25-21(27)14-8-10-26(11-9-14)33(29,30)16-5-7-19(31-2)20(13-16)32-3/h4-7,12-14H,8-11H2,1-3H3,(H,24,28)(H,25,27). The fourth-order valence-electron chi connectivity index (χ4n) is 3.64. The highest BCUT2D eigenvalue weighted by molar-refractivity contribution is 7.89. The van der Waals surface area contributed by atoms with E-state index in [-0.39, 0.29) is 29.5 Å². The molecule has 0 saturated carbocycles. The average molecular weight is 480 g/mol. The Morgan fingerprint density at radius 1 is 1.03 bits per heavy atom. The first-order chi connectivity index (χ1) is 15.7. The van der Waals surface area contributed by atoms with Gasteiger partial charge in [0.25, 0.3) is 5.91 Å². The van der Waals surface area contributed by atoms with Gasteiger partial charge in [0, 0.05) is 37.8 Å². The molecule has 2 aromatic rings. The van der Waals surface area contributed by atoms with Crippen molar-refractivity contribution in [3.8, 4) is 11.5 Å². The van der Waals surface area contributed by atoms with E-state index in [4.69, 9.17) is 9.47 Å². The molecule has 1 aliphatic heterocycles. The van der Waals surface area contributed by atoms with Gasteiger partial charge in [-0.05, 0) is 43.2 Å². The highest BCUT2D eigenvalue weighted by Crippen LogP contribution is 2.32. The van der Waals surface area contributed by atoms with Crippen LogP contribution in [-0.4, -0.2) is 58.9 Å². The van der Waals surface area contributed by atoms with Gasteiger partial charge in [-0.2, -0.15) is 4.31 Å². The van der Waals surface area contributed by atoms with Crippen LogP contribution in [0, 0.1) is 11.7 Å². The third-order valence-corrected chi connectivity index (χ3v) is 7.42. The summed E-state index contributed by atoms with van der Waals surface area (Å²) < 4.78 is 51.6. The molecule has 0 aromatic heterocycles. The van der Waals surface area contributed by atoms with E-state index in [0.29, 0.717) is 30.0 Å². The molecule has 0 radical (unpaired) electrons. The molecule has 1 heterocycles. The predicted octanol–water partition coefficient (Wildman–Crippen LogP) is 2.24. The van der Waals surface area contributed by atoms with Gasteiger partial charge >= 0.3 is 0 Å². The van der Waals surface area contributed by atoms with Gasteiger partial charge in [0.15, 0.2) is 11.5 Å². The van der Waals surface area contributed by atoms with Gasteiger partial charge in [0.1, 0.15) is 5.82 Å². The fraction of sp³-hybridized carbons (Fsp3) is 0.364. The molecule has 33 heavy (non-hydrogen) atoms. The molecule has 0 unspecified atom stereocenters. The zero-order chi connectivity index (χ0) is 24.2. The number of ether oxygens (including phenoxy) is 2. The van der Waals surface area contributed by atoms with Crippen LogP contribution in [0.15, 0.2) is 41.3 Å². The lowest BCUT2D eigenvalue weighted by atomic mass is 9.97. The number of sulfonamides is 1. The number of halogens is 1. The molecule has 0 aliphatic carbocycles. The summed E-state index contributed by atoms with van der Waals surface area (Å²) in [7, 11) is 0.508. The molecule has 11 heteroatoms. The zero-order valence-corrected chi connectivity index (χ0v) is 19.4. The molecular weight excluding hydrogens is 453 g/mol. The van der Waals surface area contributed by atoms with Crippen molar-refractivity contribution in [2.45, 2.75) is 17.7 Å². The third kappa shape index (κ3) is 5.25. The molecule has 2 aromatic carbocycles. The summed E-state index contributed by atoms with van der Waals surface area (Å²) in [4.78, 5) is 24.5. The summed E-state index contributed by atoms with van der Waals surface area (Å²) in [5, 5.41) is 5.03. The molecule has 9 nitrogen and oxygen atoms in total. The molecule has 0 atom stereocenters. The molecule has 2 amide bonds. The van der Waals surface area contributed by atoms with Crippen LogP contribution in [0.4, 0.5) is 10.1 Å². The minimum Gasteiger partial charge on any atom is -0.493 e. The molecule has 178 valence electrons. The van der Waals surface area contributed by atoms with Crippen molar-refractivity contribution in [3.63, 3.8) is 0 Å². The predicted molar refractivity (Wildman–Crippen MR) is 119 cm³/mol. The molecule has 2 N–H and O–H groups in total. The molecule has 3 rings (SSSR count).